The molecule has 2 aromatic rings. The lowest BCUT2D eigenvalue weighted by molar-refractivity contribution is -0.117. The third-order valence-corrected chi connectivity index (χ3v) is 5.46. The molecular formula is C16H17N5O2S. The molecule has 8 heteroatoms. The Morgan fingerprint density at radius 2 is 2.17 bits per heavy atom. The highest BCUT2D eigenvalue weighted by atomic mass is 32.1. The third kappa shape index (κ3) is 2.44. The van der Waals surface area contributed by atoms with E-state index in [9.17, 15) is 9.59 Å². The van der Waals surface area contributed by atoms with Crippen molar-refractivity contribution in [2.45, 2.75) is 17.9 Å². The standard InChI is InChI=1S/C16H17N5O2S/c17-13(22)12-6-24-15(20-12)21-14(23)11-5-16(8-19-11)7-18-10-4-2-1-3-9(10)16/h1-4,6,11,18-19H,5,7-8H2,(H2,17,22)(H,20,21,23). The van der Waals surface area contributed by atoms with Crippen LogP contribution in [0.3, 0.4) is 0 Å². The van der Waals surface area contributed by atoms with Gasteiger partial charge in [-0.1, -0.05) is 18.2 Å². The molecule has 0 saturated carbocycles. The van der Waals surface area contributed by atoms with E-state index < -0.39 is 5.91 Å². The number of carbonyl (C=O) groups excluding carboxylic acids is 2. The number of amides is 2. The second-order valence-corrected chi connectivity index (χ2v) is 7.07. The fraction of sp³-hybridized carbons (Fsp3) is 0.312. The van der Waals surface area contributed by atoms with Crippen molar-refractivity contribution in [3.05, 3.63) is 40.9 Å². The second kappa shape index (κ2) is 5.57. The minimum Gasteiger partial charge on any atom is -0.384 e. The van der Waals surface area contributed by atoms with Gasteiger partial charge in [-0.3, -0.25) is 9.59 Å². The maximum atomic E-state index is 12.5. The highest BCUT2D eigenvalue weighted by Crippen LogP contribution is 2.42. The van der Waals surface area contributed by atoms with E-state index in [-0.39, 0.29) is 23.1 Å². The van der Waals surface area contributed by atoms with Gasteiger partial charge in [0.05, 0.1) is 6.04 Å². The van der Waals surface area contributed by atoms with Gasteiger partial charge in [-0.2, -0.15) is 0 Å². The molecule has 0 aliphatic carbocycles. The van der Waals surface area contributed by atoms with E-state index >= 15 is 0 Å². The molecule has 2 unspecified atom stereocenters. The van der Waals surface area contributed by atoms with Crippen LogP contribution in [0.1, 0.15) is 22.5 Å². The maximum Gasteiger partial charge on any atom is 0.268 e. The molecular weight excluding hydrogens is 326 g/mol. The number of para-hydroxylation sites is 1. The summed E-state index contributed by atoms with van der Waals surface area (Å²) in [5.74, 6) is -0.736. The normalized spacial score (nSPS) is 24.6. The number of carbonyl (C=O) groups is 2. The largest absolute Gasteiger partial charge is 0.384 e. The summed E-state index contributed by atoms with van der Waals surface area (Å²) in [6, 6.07) is 7.94. The number of nitrogens with one attached hydrogen (secondary N) is 3. The number of nitrogens with two attached hydrogens (primary N) is 1. The highest BCUT2D eigenvalue weighted by molar-refractivity contribution is 7.14. The van der Waals surface area contributed by atoms with E-state index in [0.717, 1.165) is 25.2 Å². The van der Waals surface area contributed by atoms with Gasteiger partial charge < -0.3 is 21.7 Å². The number of nitrogens with zero attached hydrogens (tertiary/aromatic N) is 1. The Morgan fingerprint density at radius 3 is 2.96 bits per heavy atom. The van der Waals surface area contributed by atoms with E-state index in [2.05, 4.69) is 33.1 Å². The van der Waals surface area contributed by atoms with E-state index in [1.807, 2.05) is 12.1 Å². The van der Waals surface area contributed by atoms with Crippen molar-refractivity contribution >= 4 is 34.0 Å². The molecule has 3 heterocycles. The van der Waals surface area contributed by atoms with Crippen LogP contribution in [-0.4, -0.2) is 35.9 Å². The average Bonchev–Trinajstić information content (AvgIpc) is 3.29. The number of benzene rings is 1. The number of fused-ring (bicyclic) bond motifs is 2. The van der Waals surface area contributed by atoms with Gasteiger partial charge in [-0.25, -0.2) is 4.98 Å². The Kier molecular flexibility index (Phi) is 3.50. The smallest absolute Gasteiger partial charge is 0.268 e. The maximum absolute atomic E-state index is 12.5. The quantitative estimate of drug-likeness (QED) is 0.662. The first kappa shape index (κ1) is 15.1. The molecule has 1 aromatic heterocycles. The van der Waals surface area contributed by atoms with E-state index in [0.29, 0.717) is 5.13 Å². The van der Waals surface area contributed by atoms with Crippen molar-refractivity contribution < 1.29 is 9.59 Å². The summed E-state index contributed by atoms with van der Waals surface area (Å²) >= 11 is 1.19. The predicted molar refractivity (Wildman–Crippen MR) is 92.3 cm³/mol. The fourth-order valence-electron chi connectivity index (χ4n) is 3.48. The number of rotatable bonds is 3. The summed E-state index contributed by atoms with van der Waals surface area (Å²) in [5.41, 5.74) is 7.69. The fourth-order valence-corrected chi connectivity index (χ4v) is 4.18. The third-order valence-electron chi connectivity index (χ3n) is 4.70. The SMILES string of the molecule is NC(=O)c1csc(NC(=O)C2CC3(CNc4ccccc43)CN2)n1. The summed E-state index contributed by atoms with van der Waals surface area (Å²) in [5, 5.41) is 11.4. The molecule has 124 valence electrons. The monoisotopic (exact) mass is 343 g/mol. The number of primary amides is 1. The average molecular weight is 343 g/mol. The molecule has 0 bridgehead atoms. The van der Waals surface area contributed by atoms with E-state index in [1.165, 1.54) is 16.9 Å². The lowest BCUT2D eigenvalue weighted by Crippen LogP contribution is -2.35. The number of thiazole rings is 1. The van der Waals surface area contributed by atoms with Gasteiger partial charge >= 0.3 is 0 Å². The molecule has 1 fully saturated rings. The molecule has 1 spiro atoms. The molecule has 2 amide bonds. The molecule has 2 aliphatic heterocycles. The first-order valence-corrected chi connectivity index (χ1v) is 8.58. The van der Waals surface area contributed by atoms with Crippen LogP contribution in [0.15, 0.2) is 29.6 Å². The van der Waals surface area contributed by atoms with Crippen LogP contribution in [-0.2, 0) is 10.2 Å². The Morgan fingerprint density at radius 1 is 1.33 bits per heavy atom. The topological polar surface area (TPSA) is 109 Å². The van der Waals surface area contributed by atoms with Crippen LogP contribution in [0.25, 0.3) is 0 Å². The van der Waals surface area contributed by atoms with Crippen LogP contribution >= 0.6 is 11.3 Å². The lowest BCUT2D eigenvalue weighted by Gasteiger charge is -2.22. The van der Waals surface area contributed by atoms with E-state index in [4.69, 9.17) is 5.73 Å². The van der Waals surface area contributed by atoms with Gasteiger partial charge in [0.25, 0.3) is 5.91 Å². The number of anilines is 2. The molecule has 4 rings (SSSR count). The zero-order chi connectivity index (χ0) is 16.7. The zero-order valence-corrected chi connectivity index (χ0v) is 13.7. The Bertz CT molecular complexity index is 820. The van der Waals surface area contributed by atoms with Crippen molar-refractivity contribution in [2.75, 3.05) is 23.7 Å². The first-order chi connectivity index (χ1) is 11.6. The first-order valence-electron chi connectivity index (χ1n) is 7.70. The number of hydrogen-bond acceptors (Lipinski definition) is 6. The van der Waals surface area contributed by atoms with Crippen LogP contribution in [0.4, 0.5) is 10.8 Å². The van der Waals surface area contributed by atoms with Gasteiger partial charge in [0.15, 0.2) is 5.13 Å². The minimum absolute atomic E-state index is 0.0557. The second-order valence-electron chi connectivity index (χ2n) is 6.21. The summed E-state index contributed by atoms with van der Waals surface area (Å²) in [6.07, 6.45) is 0.719. The molecule has 0 radical (unpaired) electrons. The molecule has 1 saturated heterocycles. The summed E-state index contributed by atoms with van der Waals surface area (Å²) < 4.78 is 0. The van der Waals surface area contributed by atoms with Crippen molar-refractivity contribution in [1.29, 1.82) is 0 Å². The van der Waals surface area contributed by atoms with Gasteiger partial charge in [0, 0.05) is 29.6 Å². The summed E-state index contributed by atoms with van der Waals surface area (Å²) in [4.78, 5) is 27.6. The summed E-state index contributed by atoms with van der Waals surface area (Å²) in [6.45, 7) is 1.58. The molecule has 2 atom stereocenters. The van der Waals surface area contributed by atoms with Crippen LogP contribution in [0.2, 0.25) is 0 Å². The highest BCUT2D eigenvalue weighted by Gasteiger charge is 2.46. The Labute approximate surface area is 142 Å². The van der Waals surface area contributed by atoms with Crippen molar-refractivity contribution in [3.63, 3.8) is 0 Å². The van der Waals surface area contributed by atoms with Gasteiger partial charge in [0.1, 0.15) is 5.69 Å². The number of hydrogen-bond donors (Lipinski definition) is 4. The molecule has 24 heavy (non-hydrogen) atoms. The molecule has 7 nitrogen and oxygen atoms in total. The molecule has 1 aromatic carbocycles. The molecule has 5 N–H and O–H groups in total. The minimum atomic E-state index is -0.599. The van der Waals surface area contributed by atoms with Crippen LogP contribution in [0, 0.1) is 0 Å². The number of aromatic nitrogens is 1. The predicted octanol–water partition coefficient (Wildman–Crippen LogP) is 0.906. The van der Waals surface area contributed by atoms with Crippen molar-refractivity contribution in [2.24, 2.45) is 5.73 Å². The van der Waals surface area contributed by atoms with E-state index in [1.54, 1.807) is 5.38 Å². The lowest BCUT2D eigenvalue weighted by atomic mass is 9.80. The molecule has 2 aliphatic rings. The van der Waals surface area contributed by atoms with Gasteiger partial charge in [-0.05, 0) is 18.1 Å². The van der Waals surface area contributed by atoms with Gasteiger partial charge in [-0.15, -0.1) is 11.3 Å². The van der Waals surface area contributed by atoms with Crippen molar-refractivity contribution in [1.82, 2.24) is 10.3 Å². The van der Waals surface area contributed by atoms with Crippen LogP contribution in [0.5, 0.6) is 0 Å². The van der Waals surface area contributed by atoms with Crippen molar-refractivity contribution in [3.8, 4) is 0 Å². The van der Waals surface area contributed by atoms with Gasteiger partial charge in [0.2, 0.25) is 5.91 Å². The van der Waals surface area contributed by atoms with Crippen LogP contribution < -0.4 is 21.7 Å². The Balaban J connectivity index is 1.47. The summed E-state index contributed by atoms with van der Waals surface area (Å²) in [7, 11) is 0. The Hall–Kier alpha value is -2.45. The zero-order valence-electron chi connectivity index (χ0n) is 12.8.